The fourth-order valence-electron chi connectivity index (χ4n) is 3.08. The zero-order chi connectivity index (χ0) is 13.0. The Bertz CT molecular complexity index is 342. The summed E-state index contributed by atoms with van der Waals surface area (Å²) >= 11 is 0. The highest BCUT2D eigenvalue weighted by Gasteiger charge is 2.33. The van der Waals surface area contributed by atoms with Crippen molar-refractivity contribution >= 4 is 0 Å². The maximum Gasteiger partial charge on any atom is 0.227 e. The summed E-state index contributed by atoms with van der Waals surface area (Å²) in [5, 5.41) is 7.32. The SMILES string of the molecule is CC(C)(C)C1CCCCC1NCCc1ncno1. The zero-order valence-electron chi connectivity index (χ0n) is 11.8. The van der Waals surface area contributed by atoms with E-state index in [9.17, 15) is 0 Å². The normalized spacial score (nSPS) is 25.3. The Balaban J connectivity index is 1.82. The molecule has 1 aromatic rings. The van der Waals surface area contributed by atoms with Crippen molar-refractivity contribution in [3.8, 4) is 0 Å². The van der Waals surface area contributed by atoms with E-state index in [-0.39, 0.29) is 0 Å². The molecule has 1 saturated carbocycles. The summed E-state index contributed by atoms with van der Waals surface area (Å²) in [5.74, 6) is 1.50. The minimum Gasteiger partial charge on any atom is -0.340 e. The molecule has 0 spiro atoms. The van der Waals surface area contributed by atoms with Crippen molar-refractivity contribution < 1.29 is 4.52 Å². The Morgan fingerprint density at radius 1 is 1.33 bits per heavy atom. The molecule has 1 aliphatic rings. The molecule has 0 radical (unpaired) electrons. The summed E-state index contributed by atoms with van der Waals surface area (Å²) in [7, 11) is 0. The number of hydrogen-bond acceptors (Lipinski definition) is 4. The van der Waals surface area contributed by atoms with Crippen LogP contribution in [0.3, 0.4) is 0 Å². The summed E-state index contributed by atoms with van der Waals surface area (Å²) in [6, 6.07) is 0.640. The van der Waals surface area contributed by atoms with Gasteiger partial charge in [0.1, 0.15) is 0 Å². The van der Waals surface area contributed by atoms with E-state index >= 15 is 0 Å². The van der Waals surface area contributed by atoms with Gasteiger partial charge in [-0.15, -0.1) is 0 Å². The van der Waals surface area contributed by atoms with Gasteiger partial charge in [0, 0.05) is 19.0 Å². The maximum absolute atomic E-state index is 5.02. The number of rotatable bonds is 4. The quantitative estimate of drug-likeness (QED) is 0.894. The van der Waals surface area contributed by atoms with E-state index in [2.05, 4.69) is 36.2 Å². The molecule has 2 unspecified atom stereocenters. The lowest BCUT2D eigenvalue weighted by atomic mass is 9.69. The second-order valence-corrected chi connectivity index (χ2v) is 6.40. The molecule has 102 valence electrons. The van der Waals surface area contributed by atoms with Gasteiger partial charge >= 0.3 is 0 Å². The van der Waals surface area contributed by atoms with E-state index in [4.69, 9.17) is 4.52 Å². The van der Waals surface area contributed by atoms with Crippen molar-refractivity contribution in [3.05, 3.63) is 12.2 Å². The second kappa shape index (κ2) is 5.83. The lowest BCUT2D eigenvalue weighted by Crippen LogP contribution is -2.44. The molecule has 0 aliphatic heterocycles. The van der Waals surface area contributed by atoms with Gasteiger partial charge in [-0.25, -0.2) is 0 Å². The molecule has 1 aromatic heterocycles. The molecule has 0 aromatic carbocycles. The zero-order valence-corrected chi connectivity index (χ0v) is 11.8. The molecule has 1 aliphatic carbocycles. The van der Waals surface area contributed by atoms with Gasteiger partial charge in [-0.1, -0.05) is 38.8 Å². The van der Waals surface area contributed by atoms with Crippen molar-refractivity contribution in [3.63, 3.8) is 0 Å². The molecule has 4 heteroatoms. The molecule has 1 heterocycles. The molecular weight excluding hydrogens is 226 g/mol. The number of aromatic nitrogens is 2. The van der Waals surface area contributed by atoms with Crippen molar-refractivity contribution in [2.24, 2.45) is 11.3 Å². The third kappa shape index (κ3) is 3.55. The molecule has 4 nitrogen and oxygen atoms in total. The highest BCUT2D eigenvalue weighted by molar-refractivity contribution is 4.89. The van der Waals surface area contributed by atoms with Crippen LogP contribution in [-0.2, 0) is 6.42 Å². The molecule has 2 atom stereocenters. The van der Waals surface area contributed by atoms with E-state index in [1.54, 1.807) is 0 Å². The Morgan fingerprint density at radius 3 is 2.78 bits per heavy atom. The van der Waals surface area contributed by atoms with Crippen LogP contribution in [0.2, 0.25) is 0 Å². The van der Waals surface area contributed by atoms with Gasteiger partial charge < -0.3 is 9.84 Å². The van der Waals surface area contributed by atoms with Gasteiger partial charge in [0.2, 0.25) is 5.89 Å². The molecule has 0 saturated heterocycles. The minimum atomic E-state index is 0.391. The lowest BCUT2D eigenvalue weighted by Gasteiger charge is -2.41. The van der Waals surface area contributed by atoms with E-state index < -0.39 is 0 Å². The first-order valence-corrected chi connectivity index (χ1v) is 7.06. The smallest absolute Gasteiger partial charge is 0.227 e. The Hall–Kier alpha value is -0.900. The van der Waals surface area contributed by atoms with Gasteiger partial charge in [0.25, 0.3) is 0 Å². The van der Waals surface area contributed by atoms with Crippen LogP contribution in [0.5, 0.6) is 0 Å². The average molecular weight is 251 g/mol. The van der Waals surface area contributed by atoms with Crippen LogP contribution in [-0.4, -0.2) is 22.7 Å². The summed E-state index contributed by atoms with van der Waals surface area (Å²) in [5.41, 5.74) is 0.391. The highest BCUT2D eigenvalue weighted by atomic mass is 16.5. The van der Waals surface area contributed by atoms with Crippen molar-refractivity contribution in [2.45, 2.75) is 58.9 Å². The monoisotopic (exact) mass is 251 g/mol. The first kappa shape index (κ1) is 13.5. The van der Waals surface area contributed by atoms with Crippen LogP contribution in [0.4, 0.5) is 0 Å². The number of nitrogens with zero attached hydrogens (tertiary/aromatic N) is 2. The highest BCUT2D eigenvalue weighted by Crippen LogP contribution is 2.37. The van der Waals surface area contributed by atoms with Crippen LogP contribution < -0.4 is 5.32 Å². The van der Waals surface area contributed by atoms with Gasteiger partial charge in [-0.05, 0) is 24.2 Å². The fraction of sp³-hybridized carbons (Fsp3) is 0.857. The average Bonchev–Trinajstić information content (AvgIpc) is 2.81. The molecular formula is C14H25N3O. The van der Waals surface area contributed by atoms with Crippen LogP contribution in [0.1, 0.15) is 52.3 Å². The first-order valence-electron chi connectivity index (χ1n) is 7.06. The third-order valence-corrected chi connectivity index (χ3v) is 4.03. The summed E-state index contributed by atoms with van der Waals surface area (Å²) in [6.45, 7) is 8.00. The third-order valence-electron chi connectivity index (χ3n) is 4.03. The second-order valence-electron chi connectivity index (χ2n) is 6.40. The van der Waals surface area contributed by atoms with Crippen LogP contribution >= 0.6 is 0 Å². The maximum atomic E-state index is 5.02. The van der Waals surface area contributed by atoms with Crippen molar-refractivity contribution in [2.75, 3.05) is 6.54 Å². The predicted molar refractivity (Wildman–Crippen MR) is 71.2 cm³/mol. The first-order chi connectivity index (χ1) is 8.57. The Kier molecular flexibility index (Phi) is 4.38. The minimum absolute atomic E-state index is 0.391. The van der Waals surface area contributed by atoms with Gasteiger partial charge in [-0.2, -0.15) is 4.98 Å². The lowest BCUT2D eigenvalue weighted by molar-refractivity contribution is 0.131. The summed E-state index contributed by atoms with van der Waals surface area (Å²) in [6.07, 6.45) is 7.67. The predicted octanol–water partition coefficient (Wildman–Crippen LogP) is 2.81. The Labute approximate surface area is 110 Å². The largest absolute Gasteiger partial charge is 0.340 e. The summed E-state index contributed by atoms with van der Waals surface area (Å²) in [4.78, 5) is 4.05. The van der Waals surface area contributed by atoms with Crippen LogP contribution in [0.15, 0.2) is 10.9 Å². The fourth-order valence-corrected chi connectivity index (χ4v) is 3.08. The van der Waals surface area contributed by atoms with Gasteiger partial charge in [0.15, 0.2) is 6.33 Å². The molecule has 0 bridgehead atoms. The van der Waals surface area contributed by atoms with Gasteiger partial charge in [0.05, 0.1) is 0 Å². The molecule has 0 amide bonds. The van der Waals surface area contributed by atoms with E-state index in [1.807, 2.05) is 0 Å². The topological polar surface area (TPSA) is 51.0 Å². The number of nitrogens with one attached hydrogen (secondary N) is 1. The molecule has 1 fully saturated rings. The molecule has 2 rings (SSSR count). The molecule has 1 N–H and O–H groups in total. The standard InChI is InChI=1S/C14H25N3O/c1-14(2,3)11-6-4-5-7-12(11)15-9-8-13-16-10-17-18-13/h10-12,15H,4-9H2,1-3H3. The van der Waals surface area contributed by atoms with Crippen LogP contribution in [0, 0.1) is 11.3 Å². The Morgan fingerprint density at radius 2 is 2.11 bits per heavy atom. The van der Waals surface area contributed by atoms with Crippen LogP contribution in [0.25, 0.3) is 0 Å². The summed E-state index contributed by atoms with van der Waals surface area (Å²) < 4.78 is 5.02. The van der Waals surface area contributed by atoms with E-state index in [0.717, 1.165) is 24.8 Å². The van der Waals surface area contributed by atoms with Crippen molar-refractivity contribution in [1.29, 1.82) is 0 Å². The molecule has 18 heavy (non-hydrogen) atoms. The van der Waals surface area contributed by atoms with E-state index in [0.29, 0.717) is 11.5 Å². The number of hydrogen-bond donors (Lipinski definition) is 1. The van der Waals surface area contributed by atoms with E-state index in [1.165, 1.54) is 32.0 Å². The van der Waals surface area contributed by atoms with Gasteiger partial charge in [-0.3, -0.25) is 0 Å². The van der Waals surface area contributed by atoms with Crippen molar-refractivity contribution in [1.82, 2.24) is 15.5 Å².